The van der Waals surface area contributed by atoms with Crippen LogP contribution < -0.4 is 15.4 Å². The molecule has 2 N–H and O–H groups in total. The zero-order valence-electron chi connectivity index (χ0n) is 11.7. The summed E-state index contributed by atoms with van der Waals surface area (Å²) < 4.78 is 4.98. The van der Waals surface area contributed by atoms with E-state index in [2.05, 4.69) is 15.6 Å². The van der Waals surface area contributed by atoms with Crippen molar-refractivity contribution in [3.05, 3.63) is 48.2 Å². The average Bonchev–Trinajstić information content (AvgIpc) is 2.47. The molecule has 6 nitrogen and oxygen atoms in total. The van der Waals surface area contributed by atoms with Crippen molar-refractivity contribution in [2.45, 2.75) is 6.92 Å². The van der Waals surface area contributed by atoms with E-state index in [0.29, 0.717) is 22.8 Å². The quantitative estimate of drug-likeness (QED) is 0.903. The van der Waals surface area contributed by atoms with Gasteiger partial charge in [-0.25, -0.2) is 4.98 Å². The van der Waals surface area contributed by atoms with E-state index in [1.54, 1.807) is 36.4 Å². The number of ether oxygens (including phenoxy) is 1. The lowest BCUT2D eigenvalue weighted by molar-refractivity contribution is -0.114. The highest BCUT2D eigenvalue weighted by molar-refractivity contribution is 6.04. The van der Waals surface area contributed by atoms with Crippen molar-refractivity contribution in [1.82, 2.24) is 4.98 Å². The van der Waals surface area contributed by atoms with Crippen LogP contribution in [0.25, 0.3) is 0 Å². The van der Waals surface area contributed by atoms with Crippen molar-refractivity contribution >= 4 is 23.2 Å². The Bertz CT molecular complexity index is 671. The molecule has 2 aromatic rings. The van der Waals surface area contributed by atoms with Gasteiger partial charge in [0.15, 0.2) is 0 Å². The largest absolute Gasteiger partial charge is 0.481 e. The van der Waals surface area contributed by atoms with Crippen LogP contribution in [0, 0.1) is 0 Å². The van der Waals surface area contributed by atoms with Crippen LogP contribution in [0.2, 0.25) is 0 Å². The molecule has 21 heavy (non-hydrogen) atoms. The van der Waals surface area contributed by atoms with Gasteiger partial charge >= 0.3 is 0 Å². The standard InChI is InChI=1S/C15H15N3O3/c1-10(19)17-12-4-3-5-13(9-12)18-15(20)11-6-7-16-14(8-11)21-2/h3-9H,1-2H3,(H,17,19)(H,18,20). The molecule has 2 rings (SSSR count). The smallest absolute Gasteiger partial charge is 0.255 e. The van der Waals surface area contributed by atoms with Crippen LogP contribution in [-0.2, 0) is 4.79 Å². The van der Waals surface area contributed by atoms with Gasteiger partial charge in [0.1, 0.15) is 0 Å². The number of aromatic nitrogens is 1. The van der Waals surface area contributed by atoms with Crippen molar-refractivity contribution in [2.75, 3.05) is 17.7 Å². The molecule has 0 unspecified atom stereocenters. The van der Waals surface area contributed by atoms with Crippen molar-refractivity contribution in [3.8, 4) is 5.88 Å². The summed E-state index contributed by atoms with van der Waals surface area (Å²) in [5.74, 6) is -0.0809. The van der Waals surface area contributed by atoms with Crippen molar-refractivity contribution in [2.24, 2.45) is 0 Å². The van der Waals surface area contributed by atoms with Crippen LogP contribution in [0.15, 0.2) is 42.6 Å². The van der Waals surface area contributed by atoms with E-state index in [0.717, 1.165) is 0 Å². The number of anilines is 2. The number of carbonyl (C=O) groups excluding carboxylic acids is 2. The second kappa shape index (κ2) is 6.51. The molecule has 0 saturated carbocycles. The highest BCUT2D eigenvalue weighted by Gasteiger charge is 2.08. The lowest BCUT2D eigenvalue weighted by atomic mass is 10.2. The predicted molar refractivity (Wildman–Crippen MR) is 79.5 cm³/mol. The summed E-state index contributed by atoms with van der Waals surface area (Å²) in [5.41, 5.74) is 1.64. The lowest BCUT2D eigenvalue weighted by Crippen LogP contribution is -2.13. The second-order valence-corrected chi connectivity index (χ2v) is 4.30. The Morgan fingerprint density at radius 3 is 2.48 bits per heavy atom. The molecule has 1 aromatic heterocycles. The van der Waals surface area contributed by atoms with Crippen LogP contribution in [0.1, 0.15) is 17.3 Å². The number of nitrogens with one attached hydrogen (secondary N) is 2. The van der Waals surface area contributed by atoms with Crippen molar-refractivity contribution in [3.63, 3.8) is 0 Å². The molecule has 108 valence electrons. The molecule has 0 bridgehead atoms. The van der Waals surface area contributed by atoms with E-state index in [9.17, 15) is 9.59 Å². The normalized spacial score (nSPS) is 9.81. The van der Waals surface area contributed by atoms with E-state index in [1.165, 1.54) is 20.2 Å². The molecular formula is C15H15N3O3. The Morgan fingerprint density at radius 2 is 1.81 bits per heavy atom. The molecule has 1 aromatic carbocycles. The van der Waals surface area contributed by atoms with Crippen LogP contribution in [0.3, 0.4) is 0 Å². The molecule has 0 spiro atoms. The fourth-order valence-electron chi connectivity index (χ4n) is 1.74. The van der Waals surface area contributed by atoms with Gasteiger partial charge in [-0.1, -0.05) is 6.07 Å². The lowest BCUT2D eigenvalue weighted by Gasteiger charge is -2.08. The number of carbonyl (C=O) groups is 2. The van der Waals surface area contributed by atoms with Gasteiger partial charge in [0, 0.05) is 36.1 Å². The maximum absolute atomic E-state index is 12.1. The number of nitrogens with zero attached hydrogens (tertiary/aromatic N) is 1. The maximum Gasteiger partial charge on any atom is 0.255 e. The van der Waals surface area contributed by atoms with Gasteiger partial charge in [-0.3, -0.25) is 9.59 Å². The molecule has 0 radical (unpaired) electrons. The third kappa shape index (κ3) is 4.04. The molecule has 0 atom stereocenters. The first-order valence-corrected chi connectivity index (χ1v) is 6.27. The first-order chi connectivity index (χ1) is 10.1. The molecule has 0 aliphatic carbocycles. The molecule has 0 fully saturated rings. The summed E-state index contributed by atoms with van der Waals surface area (Å²) in [6, 6.07) is 10.0. The summed E-state index contributed by atoms with van der Waals surface area (Å²) in [4.78, 5) is 27.1. The van der Waals surface area contributed by atoms with Gasteiger partial charge in [-0.05, 0) is 24.3 Å². The minimum absolute atomic E-state index is 0.169. The van der Waals surface area contributed by atoms with Crippen molar-refractivity contribution in [1.29, 1.82) is 0 Å². The first kappa shape index (κ1) is 14.5. The van der Waals surface area contributed by atoms with E-state index in [1.807, 2.05) is 0 Å². The van der Waals surface area contributed by atoms with Crippen molar-refractivity contribution < 1.29 is 14.3 Å². The van der Waals surface area contributed by atoms with Crippen LogP contribution in [0.5, 0.6) is 5.88 Å². The van der Waals surface area contributed by atoms with E-state index in [-0.39, 0.29) is 11.8 Å². The SMILES string of the molecule is COc1cc(C(=O)Nc2cccc(NC(C)=O)c2)ccn1. The second-order valence-electron chi connectivity index (χ2n) is 4.30. The van der Waals surface area contributed by atoms with Crippen LogP contribution >= 0.6 is 0 Å². The zero-order valence-corrected chi connectivity index (χ0v) is 11.7. The fourth-order valence-corrected chi connectivity index (χ4v) is 1.74. The van der Waals surface area contributed by atoms with Gasteiger partial charge in [-0.2, -0.15) is 0 Å². The van der Waals surface area contributed by atoms with Gasteiger partial charge in [0.25, 0.3) is 5.91 Å². The monoisotopic (exact) mass is 285 g/mol. The molecular weight excluding hydrogens is 270 g/mol. The fraction of sp³-hybridized carbons (Fsp3) is 0.133. The highest BCUT2D eigenvalue weighted by atomic mass is 16.5. The van der Waals surface area contributed by atoms with E-state index >= 15 is 0 Å². The summed E-state index contributed by atoms with van der Waals surface area (Å²) in [6.07, 6.45) is 1.50. The number of hydrogen-bond acceptors (Lipinski definition) is 4. The number of hydrogen-bond donors (Lipinski definition) is 2. The third-order valence-corrected chi connectivity index (χ3v) is 2.65. The summed E-state index contributed by atoms with van der Waals surface area (Å²) in [6.45, 7) is 1.43. The number of pyridine rings is 1. The highest BCUT2D eigenvalue weighted by Crippen LogP contribution is 2.17. The Labute approximate surface area is 122 Å². The topological polar surface area (TPSA) is 80.3 Å². The van der Waals surface area contributed by atoms with Crippen LogP contribution in [0.4, 0.5) is 11.4 Å². The Kier molecular flexibility index (Phi) is 4.50. The first-order valence-electron chi connectivity index (χ1n) is 6.27. The minimum atomic E-state index is -0.282. The average molecular weight is 285 g/mol. The van der Waals surface area contributed by atoms with Gasteiger partial charge in [-0.15, -0.1) is 0 Å². The Morgan fingerprint density at radius 1 is 1.10 bits per heavy atom. The Hall–Kier alpha value is -2.89. The molecule has 2 amide bonds. The summed E-state index contributed by atoms with van der Waals surface area (Å²) >= 11 is 0. The van der Waals surface area contributed by atoms with Crippen LogP contribution in [-0.4, -0.2) is 23.9 Å². The molecule has 0 aliphatic rings. The van der Waals surface area contributed by atoms with Gasteiger partial charge in [0.2, 0.25) is 11.8 Å². The van der Waals surface area contributed by atoms with Gasteiger partial charge < -0.3 is 15.4 Å². The number of methoxy groups -OCH3 is 1. The van der Waals surface area contributed by atoms with Gasteiger partial charge in [0.05, 0.1) is 7.11 Å². The maximum atomic E-state index is 12.1. The summed E-state index contributed by atoms with van der Waals surface area (Å²) in [7, 11) is 1.49. The molecule has 0 saturated heterocycles. The summed E-state index contributed by atoms with van der Waals surface area (Å²) in [5, 5.41) is 5.41. The predicted octanol–water partition coefficient (Wildman–Crippen LogP) is 2.30. The van der Waals surface area contributed by atoms with E-state index in [4.69, 9.17) is 4.74 Å². The molecule has 6 heteroatoms. The third-order valence-electron chi connectivity index (χ3n) is 2.65. The Balaban J connectivity index is 2.13. The molecule has 1 heterocycles. The number of benzene rings is 1. The number of rotatable bonds is 4. The molecule has 0 aliphatic heterocycles. The minimum Gasteiger partial charge on any atom is -0.481 e. The van der Waals surface area contributed by atoms with E-state index < -0.39 is 0 Å². The number of amides is 2. The zero-order chi connectivity index (χ0) is 15.2.